The quantitative estimate of drug-likeness (QED) is 0.892. The van der Waals surface area contributed by atoms with Gasteiger partial charge in [-0.25, -0.2) is 0 Å². The van der Waals surface area contributed by atoms with Crippen molar-refractivity contribution in [3.05, 3.63) is 35.4 Å². The first-order valence-corrected chi connectivity index (χ1v) is 6.94. The molecule has 0 aromatic heterocycles. The van der Waals surface area contributed by atoms with Gasteiger partial charge in [0, 0.05) is 44.3 Å². The van der Waals surface area contributed by atoms with E-state index in [1.54, 1.807) is 0 Å². The van der Waals surface area contributed by atoms with Gasteiger partial charge in [0.05, 0.1) is 0 Å². The van der Waals surface area contributed by atoms with Crippen molar-refractivity contribution in [2.24, 2.45) is 5.73 Å². The molecule has 4 heteroatoms. The van der Waals surface area contributed by atoms with Crippen LogP contribution in [0.15, 0.2) is 24.3 Å². The van der Waals surface area contributed by atoms with Crippen LogP contribution in [0.5, 0.6) is 0 Å². The zero-order chi connectivity index (χ0) is 13.8. The van der Waals surface area contributed by atoms with Gasteiger partial charge in [-0.15, -0.1) is 0 Å². The maximum absolute atomic E-state index is 12.4. The van der Waals surface area contributed by atoms with Crippen molar-refractivity contribution in [1.82, 2.24) is 9.80 Å². The zero-order valence-electron chi connectivity index (χ0n) is 11.8. The average molecular weight is 261 g/mol. The van der Waals surface area contributed by atoms with Gasteiger partial charge in [-0.2, -0.15) is 0 Å². The summed E-state index contributed by atoms with van der Waals surface area (Å²) < 4.78 is 0. The molecule has 1 saturated heterocycles. The Morgan fingerprint density at radius 3 is 2.53 bits per heavy atom. The number of carbonyl (C=O) groups excluding carboxylic acids is 1. The molecule has 0 radical (unpaired) electrons. The Balaban J connectivity index is 2.01. The highest BCUT2D eigenvalue weighted by atomic mass is 16.2. The first kappa shape index (κ1) is 14.0. The van der Waals surface area contributed by atoms with Crippen LogP contribution in [0.4, 0.5) is 0 Å². The summed E-state index contributed by atoms with van der Waals surface area (Å²) in [5.74, 6) is 0.124. The van der Waals surface area contributed by atoms with E-state index in [2.05, 4.69) is 18.7 Å². The average Bonchev–Trinajstić information content (AvgIpc) is 2.46. The number of hydrogen-bond donors (Lipinski definition) is 1. The largest absolute Gasteiger partial charge is 0.336 e. The predicted molar refractivity (Wildman–Crippen MR) is 76.9 cm³/mol. The Bertz CT molecular complexity index is 437. The van der Waals surface area contributed by atoms with E-state index < -0.39 is 0 Å². The van der Waals surface area contributed by atoms with Crippen molar-refractivity contribution in [1.29, 1.82) is 0 Å². The summed E-state index contributed by atoms with van der Waals surface area (Å²) in [5.41, 5.74) is 7.37. The molecule has 0 aliphatic carbocycles. The molecule has 1 fully saturated rings. The van der Waals surface area contributed by atoms with Crippen LogP contribution in [-0.2, 0) is 6.54 Å². The molecule has 19 heavy (non-hydrogen) atoms. The van der Waals surface area contributed by atoms with E-state index in [9.17, 15) is 4.79 Å². The van der Waals surface area contributed by atoms with Crippen LogP contribution >= 0.6 is 0 Å². The normalized spacial score (nSPS) is 16.9. The number of amides is 1. The van der Waals surface area contributed by atoms with Gasteiger partial charge in [0.1, 0.15) is 0 Å². The van der Waals surface area contributed by atoms with Gasteiger partial charge < -0.3 is 10.6 Å². The number of nitrogens with two attached hydrogens (primary N) is 1. The third-order valence-corrected chi connectivity index (χ3v) is 3.74. The first-order chi connectivity index (χ1) is 9.11. The monoisotopic (exact) mass is 261 g/mol. The Morgan fingerprint density at radius 2 is 1.95 bits per heavy atom. The molecular formula is C15H23N3O. The second-order valence-corrected chi connectivity index (χ2v) is 5.33. The molecule has 0 bridgehead atoms. The molecule has 1 amide bonds. The van der Waals surface area contributed by atoms with Gasteiger partial charge in [0.25, 0.3) is 5.91 Å². The van der Waals surface area contributed by atoms with Crippen LogP contribution in [-0.4, -0.2) is 47.9 Å². The van der Waals surface area contributed by atoms with Gasteiger partial charge in [-0.3, -0.25) is 9.69 Å². The molecule has 4 nitrogen and oxygen atoms in total. The topological polar surface area (TPSA) is 49.6 Å². The van der Waals surface area contributed by atoms with Crippen LogP contribution in [0, 0.1) is 0 Å². The van der Waals surface area contributed by atoms with E-state index in [1.807, 2.05) is 29.2 Å². The summed E-state index contributed by atoms with van der Waals surface area (Å²) in [6.45, 7) is 8.40. The minimum Gasteiger partial charge on any atom is -0.336 e. The molecule has 2 rings (SSSR count). The number of hydrogen-bond acceptors (Lipinski definition) is 3. The fourth-order valence-corrected chi connectivity index (χ4v) is 2.46. The summed E-state index contributed by atoms with van der Waals surface area (Å²) in [6.07, 6.45) is 0. The lowest BCUT2D eigenvalue weighted by Crippen LogP contribution is -2.50. The Kier molecular flexibility index (Phi) is 4.56. The summed E-state index contributed by atoms with van der Waals surface area (Å²) in [6, 6.07) is 8.18. The van der Waals surface area contributed by atoms with Crippen LogP contribution in [0.2, 0.25) is 0 Å². The maximum atomic E-state index is 12.4. The van der Waals surface area contributed by atoms with Crippen molar-refractivity contribution in [2.45, 2.75) is 26.4 Å². The molecule has 0 atom stereocenters. The van der Waals surface area contributed by atoms with Crippen LogP contribution in [0.25, 0.3) is 0 Å². The van der Waals surface area contributed by atoms with Crippen molar-refractivity contribution < 1.29 is 4.79 Å². The third kappa shape index (κ3) is 3.33. The Hall–Kier alpha value is -1.39. The highest BCUT2D eigenvalue weighted by Gasteiger charge is 2.23. The van der Waals surface area contributed by atoms with Crippen molar-refractivity contribution in [3.8, 4) is 0 Å². The maximum Gasteiger partial charge on any atom is 0.253 e. The van der Waals surface area contributed by atoms with Crippen molar-refractivity contribution in [3.63, 3.8) is 0 Å². The van der Waals surface area contributed by atoms with Gasteiger partial charge in [0.2, 0.25) is 0 Å². The third-order valence-electron chi connectivity index (χ3n) is 3.74. The molecular weight excluding hydrogens is 238 g/mol. The van der Waals surface area contributed by atoms with Crippen molar-refractivity contribution in [2.75, 3.05) is 26.2 Å². The number of nitrogens with zero attached hydrogens (tertiary/aromatic N) is 2. The molecule has 0 saturated carbocycles. The minimum atomic E-state index is 0.124. The molecule has 1 aromatic carbocycles. The first-order valence-electron chi connectivity index (χ1n) is 6.94. The highest BCUT2D eigenvalue weighted by Crippen LogP contribution is 2.12. The lowest BCUT2D eigenvalue weighted by molar-refractivity contribution is 0.0595. The second kappa shape index (κ2) is 6.17. The van der Waals surface area contributed by atoms with Gasteiger partial charge in [-0.05, 0) is 31.5 Å². The lowest BCUT2D eigenvalue weighted by atomic mass is 10.1. The minimum absolute atomic E-state index is 0.124. The van der Waals surface area contributed by atoms with E-state index in [0.29, 0.717) is 12.6 Å². The summed E-state index contributed by atoms with van der Waals surface area (Å²) in [5, 5.41) is 0. The van der Waals surface area contributed by atoms with Gasteiger partial charge in [0.15, 0.2) is 0 Å². The molecule has 2 N–H and O–H groups in total. The van der Waals surface area contributed by atoms with E-state index in [1.165, 1.54) is 0 Å². The molecule has 0 unspecified atom stereocenters. The second-order valence-electron chi connectivity index (χ2n) is 5.33. The summed E-state index contributed by atoms with van der Waals surface area (Å²) >= 11 is 0. The number of rotatable bonds is 3. The van der Waals surface area contributed by atoms with Gasteiger partial charge >= 0.3 is 0 Å². The number of piperazine rings is 1. The molecule has 0 spiro atoms. The Labute approximate surface area is 115 Å². The SMILES string of the molecule is CC(C)N1CCN(C(=O)c2cccc(CN)c2)CC1. The van der Waals surface area contributed by atoms with E-state index in [0.717, 1.165) is 37.3 Å². The predicted octanol–water partition coefficient (Wildman–Crippen LogP) is 1.31. The van der Waals surface area contributed by atoms with Crippen molar-refractivity contribution >= 4 is 5.91 Å². The van der Waals surface area contributed by atoms with E-state index in [-0.39, 0.29) is 5.91 Å². The smallest absolute Gasteiger partial charge is 0.253 e. The van der Waals surface area contributed by atoms with E-state index in [4.69, 9.17) is 5.73 Å². The fraction of sp³-hybridized carbons (Fsp3) is 0.533. The summed E-state index contributed by atoms with van der Waals surface area (Å²) in [7, 11) is 0. The lowest BCUT2D eigenvalue weighted by Gasteiger charge is -2.37. The molecule has 1 aromatic rings. The Morgan fingerprint density at radius 1 is 1.26 bits per heavy atom. The summed E-state index contributed by atoms with van der Waals surface area (Å²) in [4.78, 5) is 16.8. The van der Waals surface area contributed by atoms with Crippen LogP contribution < -0.4 is 5.73 Å². The van der Waals surface area contributed by atoms with E-state index >= 15 is 0 Å². The van der Waals surface area contributed by atoms with Gasteiger partial charge in [-0.1, -0.05) is 12.1 Å². The van der Waals surface area contributed by atoms with Crippen LogP contribution in [0.3, 0.4) is 0 Å². The number of carbonyl (C=O) groups is 1. The van der Waals surface area contributed by atoms with Crippen LogP contribution in [0.1, 0.15) is 29.8 Å². The molecule has 1 aliphatic rings. The number of benzene rings is 1. The molecule has 1 heterocycles. The zero-order valence-corrected chi connectivity index (χ0v) is 11.8. The molecule has 104 valence electrons. The fourth-order valence-electron chi connectivity index (χ4n) is 2.46. The molecule has 1 aliphatic heterocycles. The standard InChI is InChI=1S/C15H23N3O/c1-12(2)17-6-8-18(9-7-17)15(19)14-5-3-4-13(10-14)11-16/h3-5,10,12H,6-9,11,16H2,1-2H3. The highest BCUT2D eigenvalue weighted by molar-refractivity contribution is 5.94.